The lowest BCUT2D eigenvalue weighted by Crippen LogP contribution is -2.46. The first-order valence-electron chi connectivity index (χ1n) is 6.79. The van der Waals surface area contributed by atoms with Crippen molar-refractivity contribution in [3.63, 3.8) is 0 Å². The minimum absolute atomic E-state index is 0.172. The van der Waals surface area contributed by atoms with Crippen LogP contribution < -0.4 is 5.73 Å². The van der Waals surface area contributed by atoms with Gasteiger partial charge in [0.05, 0.1) is 13.2 Å². The second kappa shape index (κ2) is 6.32. The second-order valence-corrected chi connectivity index (χ2v) is 5.36. The van der Waals surface area contributed by atoms with Gasteiger partial charge in [-0.25, -0.2) is 0 Å². The number of rotatable bonds is 5. The molecule has 1 aromatic rings. The zero-order valence-electron chi connectivity index (χ0n) is 10.8. The molecule has 0 bridgehead atoms. The van der Waals surface area contributed by atoms with E-state index in [0.717, 1.165) is 18.4 Å². The van der Waals surface area contributed by atoms with E-state index < -0.39 is 6.10 Å². The standard InChI is InChI=1S/C15H23NO2/c16-15(9-5-2-6-10-15)12-18-11-14(17)13-7-3-1-4-8-13/h1,3-4,7-8,14,17H,2,5-6,9-12,16H2. The molecule has 18 heavy (non-hydrogen) atoms. The third kappa shape index (κ3) is 3.80. The first kappa shape index (κ1) is 13.5. The normalized spacial score (nSPS) is 20.6. The van der Waals surface area contributed by atoms with E-state index in [2.05, 4.69) is 0 Å². The number of nitrogens with two attached hydrogens (primary N) is 1. The van der Waals surface area contributed by atoms with E-state index in [9.17, 15) is 5.11 Å². The monoisotopic (exact) mass is 249 g/mol. The van der Waals surface area contributed by atoms with E-state index in [-0.39, 0.29) is 5.54 Å². The molecule has 1 aliphatic carbocycles. The van der Waals surface area contributed by atoms with Crippen LogP contribution in [0.2, 0.25) is 0 Å². The van der Waals surface area contributed by atoms with Gasteiger partial charge in [0.2, 0.25) is 0 Å². The average Bonchev–Trinajstić information content (AvgIpc) is 2.40. The van der Waals surface area contributed by atoms with Crippen molar-refractivity contribution in [2.75, 3.05) is 13.2 Å². The van der Waals surface area contributed by atoms with Crippen LogP contribution in [0.1, 0.15) is 43.8 Å². The number of hydrogen-bond donors (Lipinski definition) is 2. The zero-order chi connectivity index (χ0) is 12.8. The first-order valence-corrected chi connectivity index (χ1v) is 6.79. The summed E-state index contributed by atoms with van der Waals surface area (Å²) in [5.41, 5.74) is 7.00. The summed E-state index contributed by atoms with van der Waals surface area (Å²) in [6, 6.07) is 9.60. The van der Waals surface area contributed by atoms with Gasteiger partial charge in [-0.1, -0.05) is 49.6 Å². The Hall–Kier alpha value is -0.900. The van der Waals surface area contributed by atoms with Crippen molar-refractivity contribution in [1.29, 1.82) is 0 Å². The van der Waals surface area contributed by atoms with Crippen LogP contribution in [0.3, 0.4) is 0 Å². The molecule has 3 nitrogen and oxygen atoms in total. The van der Waals surface area contributed by atoms with Crippen LogP contribution in [-0.4, -0.2) is 23.9 Å². The SMILES string of the molecule is NC1(COCC(O)c2ccccc2)CCCCC1. The maximum atomic E-state index is 9.97. The average molecular weight is 249 g/mol. The Balaban J connectivity index is 1.75. The summed E-state index contributed by atoms with van der Waals surface area (Å²) < 4.78 is 5.62. The Morgan fingerprint density at radius 3 is 2.50 bits per heavy atom. The van der Waals surface area contributed by atoms with Gasteiger partial charge >= 0.3 is 0 Å². The van der Waals surface area contributed by atoms with Gasteiger partial charge in [0.25, 0.3) is 0 Å². The van der Waals surface area contributed by atoms with Gasteiger partial charge in [0.15, 0.2) is 0 Å². The predicted molar refractivity (Wildman–Crippen MR) is 72.2 cm³/mol. The number of aliphatic hydroxyl groups is 1. The fourth-order valence-electron chi connectivity index (χ4n) is 2.55. The van der Waals surface area contributed by atoms with Gasteiger partial charge < -0.3 is 15.6 Å². The van der Waals surface area contributed by atoms with E-state index >= 15 is 0 Å². The topological polar surface area (TPSA) is 55.5 Å². The second-order valence-electron chi connectivity index (χ2n) is 5.36. The van der Waals surface area contributed by atoms with Crippen LogP contribution in [0.4, 0.5) is 0 Å². The van der Waals surface area contributed by atoms with E-state index in [4.69, 9.17) is 10.5 Å². The van der Waals surface area contributed by atoms with Crippen molar-refractivity contribution in [3.8, 4) is 0 Å². The highest BCUT2D eigenvalue weighted by atomic mass is 16.5. The number of benzene rings is 1. The summed E-state index contributed by atoms with van der Waals surface area (Å²) in [6.07, 6.45) is 5.19. The summed E-state index contributed by atoms with van der Waals surface area (Å²) in [6.45, 7) is 0.875. The quantitative estimate of drug-likeness (QED) is 0.842. The molecule has 1 fully saturated rings. The number of hydrogen-bond acceptors (Lipinski definition) is 3. The molecule has 0 spiro atoms. The van der Waals surface area contributed by atoms with Crippen molar-refractivity contribution in [2.45, 2.75) is 43.7 Å². The fraction of sp³-hybridized carbons (Fsp3) is 0.600. The van der Waals surface area contributed by atoms with Gasteiger partial charge in [0.1, 0.15) is 6.10 Å². The number of aliphatic hydroxyl groups excluding tert-OH is 1. The third-order valence-electron chi connectivity index (χ3n) is 3.70. The fourth-order valence-corrected chi connectivity index (χ4v) is 2.55. The molecule has 100 valence electrons. The molecular weight excluding hydrogens is 226 g/mol. The van der Waals surface area contributed by atoms with Gasteiger partial charge in [-0.3, -0.25) is 0 Å². The van der Waals surface area contributed by atoms with Crippen molar-refractivity contribution >= 4 is 0 Å². The lowest BCUT2D eigenvalue weighted by molar-refractivity contribution is 0.00642. The summed E-state index contributed by atoms with van der Waals surface area (Å²) in [5, 5.41) is 9.97. The maximum Gasteiger partial charge on any atom is 0.102 e. The van der Waals surface area contributed by atoms with Gasteiger partial charge in [-0.15, -0.1) is 0 Å². The molecule has 1 saturated carbocycles. The Kier molecular flexibility index (Phi) is 4.75. The van der Waals surface area contributed by atoms with Crippen molar-refractivity contribution < 1.29 is 9.84 Å². The van der Waals surface area contributed by atoms with Gasteiger partial charge in [-0.2, -0.15) is 0 Å². The molecule has 1 atom stereocenters. The molecule has 2 rings (SSSR count). The molecule has 0 amide bonds. The van der Waals surface area contributed by atoms with Crippen molar-refractivity contribution in [1.82, 2.24) is 0 Å². The van der Waals surface area contributed by atoms with Crippen LogP contribution >= 0.6 is 0 Å². The lowest BCUT2D eigenvalue weighted by Gasteiger charge is -2.33. The van der Waals surface area contributed by atoms with Crippen molar-refractivity contribution in [3.05, 3.63) is 35.9 Å². The third-order valence-corrected chi connectivity index (χ3v) is 3.70. The Labute approximate surface area is 109 Å². The Bertz CT molecular complexity index is 347. The number of ether oxygens (including phenoxy) is 1. The Morgan fingerprint density at radius 2 is 1.83 bits per heavy atom. The molecule has 1 unspecified atom stereocenters. The van der Waals surface area contributed by atoms with Gasteiger partial charge in [-0.05, 0) is 18.4 Å². The summed E-state index contributed by atoms with van der Waals surface area (Å²) in [5.74, 6) is 0. The largest absolute Gasteiger partial charge is 0.386 e. The van der Waals surface area contributed by atoms with Crippen LogP contribution in [0, 0.1) is 0 Å². The molecule has 0 saturated heterocycles. The highest BCUT2D eigenvalue weighted by molar-refractivity contribution is 5.17. The lowest BCUT2D eigenvalue weighted by atomic mass is 9.83. The zero-order valence-corrected chi connectivity index (χ0v) is 10.8. The highest BCUT2D eigenvalue weighted by Gasteiger charge is 2.27. The van der Waals surface area contributed by atoms with Crippen LogP contribution in [-0.2, 0) is 4.74 Å². The molecule has 0 aromatic heterocycles. The van der Waals surface area contributed by atoms with Crippen LogP contribution in [0.15, 0.2) is 30.3 Å². The van der Waals surface area contributed by atoms with Gasteiger partial charge in [0, 0.05) is 5.54 Å². The Morgan fingerprint density at radius 1 is 1.17 bits per heavy atom. The van der Waals surface area contributed by atoms with Crippen LogP contribution in [0.5, 0.6) is 0 Å². The molecule has 0 radical (unpaired) electrons. The van der Waals surface area contributed by atoms with E-state index in [1.807, 2.05) is 30.3 Å². The smallest absolute Gasteiger partial charge is 0.102 e. The molecule has 3 N–H and O–H groups in total. The molecule has 0 aliphatic heterocycles. The summed E-state index contributed by atoms with van der Waals surface area (Å²) >= 11 is 0. The van der Waals surface area contributed by atoms with E-state index in [1.165, 1.54) is 19.3 Å². The molecule has 1 aliphatic rings. The van der Waals surface area contributed by atoms with E-state index in [1.54, 1.807) is 0 Å². The van der Waals surface area contributed by atoms with Crippen LogP contribution in [0.25, 0.3) is 0 Å². The molecule has 0 heterocycles. The minimum atomic E-state index is -0.557. The summed E-state index contributed by atoms with van der Waals surface area (Å²) in [7, 11) is 0. The van der Waals surface area contributed by atoms with Crippen molar-refractivity contribution in [2.24, 2.45) is 5.73 Å². The molecular formula is C15H23NO2. The van der Waals surface area contributed by atoms with E-state index in [0.29, 0.717) is 13.2 Å². The molecule has 3 heteroatoms. The molecule has 1 aromatic carbocycles. The maximum absolute atomic E-state index is 9.97. The summed E-state index contributed by atoms with van der Waals surface area (Å²) in [4.78, 5) is 0. The highest BCUT2D eigenvalue weighted by Crippen LogP contribution is 2.26. The predicted octanol–water partition coefficient (Wildman–Crippen LogP) is 2.40. The first-order chi connectivity index (χ1) is 8.70. The minimum Gasteiger partial charge on any atom is -0.386 e.